The number of halogens is 1. The Morgan fingerprint density at radius 2 is 2.16 bits per heavy atom. The number of furan rings is 1. The van der Waals surface area contributed by atoms with Crippen molar-refractivity contribution in [3.8, 4) is 11.7 Å². The van der Waals surface area contributed by atoms with E-state index < -0.39 is 5.25 Å². The van der Waals surface area contributed by atoms with Crippen LogP contribution in [0.2, 0.25) is 0 Å². The van der Waals surface area contributed by atoms with Crippen molar-refractivity contribution in [2.45, 2.75) is 23.9 Å². The molecule has 0 fully saturated rings. The Bertz CT molecular complexity index is 850. The van der Waals surface area contributed by atoms with Gasteiger partial charge in [0.25, 0.3) is 11.1 Å². The van der Waals surface area contributed by atoms with Crippen molar-refractivity contribution in [3.05, 3.63) is 54.0 Å². The summed E-state index contributed by atoms with van der Waals surface area (Å²) in [7, 11) is 1.67. The molecule has 2 heterocycles. The van der Waals surface area contributed by atoms with Crippen molar-refractivity contribution in [1.29, 1.82) is 0 Å². The summed E-state index contributed by atoms with van der Waals surface area (Å²) in [6.45, 7) is 2.08. The van der Waals surface area contributed by atoms with E-state index in [1.54, 1.807) is 38.2 Å². The van der Waals surface area contributed by atoms with Crippen LogP contribution in [0.5, 0.6) is 0 Å². The molecular formula is C17H16FN3O3S. The van der Waals surface area contributed by atoms with E-state index in [2.05, 4.69) is 10.2 Å². The molecule has 0 radical (unpaired) electrons. The maximum atomic E-state index is 13.2. The summed E-state index contributed by atoms with van der Waals surface area (Å²) in [5, 5.41) is 7.67. The van der Waals surface area contributed by atoms with Gasteiger partial charge in [-0.15, -0.1) is 10.2 Å². The van der Waals surface area contributed by atoms with E-state index in [1.165, 1.54) is 23.3 Å². The molecule has 1 atom stereocenters. The summed E-state index contributed by atoms with van der Waals surface area (Å²) in [4.78, 5) is 14.0. The third-order valence-corrected chi connectivity index (χ3v) is 4.37. The van der Waals surface area contributed by atoms with Gasteiger partial charge in [-0.25, -0.2) is 4.39 Å². The number of carbonyl (C=O) groups is 1. The highest BCUT2D eigenvalue weighted by Crippen LogP contribution is 2.27. The lowest BCUT2D eigenvalue weighted by atomic mass is 10.2. The molecule has 130 valence electrons. The number of nitrogens with zero attached hydrogens (tertiary/aromatic N) is 3. The van der Waals surface area contributed by atoms with Gasteiger partial charge < -0.3 is 13.7 Å². The minimum atomic E-state index is -0.427. The van der Waals surface area contributed by atoms with E-state index in [0.29, 0.717) is 12.3 Å². The Hall–Kier alpha value is -2.61. The van der Waals surface area contributed by atoms with Gasteiger partial charge in [0, 0.05) is 13.6 Å². The Morgan fingerprint density at radius 1 is 1.32 bits per heavy atom. The highest BCUT2D eigenvalue weighted by molar-refractivity contribution is 8.00. The number of rotatable bonds is 6. The molecule has 0 aliphatic carbocycles. The molecule has 0 unspecified atom stereocenters. The molecule has 0 aliphatic heterocycles. The van der Waals surface area contributed by atoms with Crippen molar-refractivity contribution >= 4 is 17.7 Å². The highest BCUT2D eigenvalue weighted by Gasteiger charge is 2.22. The van der Waals surface area contributed by atoms with Crippen LogP contribution in [0.15, 0.2) is 56.7 Å². The Morgan fingerprint density at radius 3 is 2.88 bits per heavy atom. The first kappa shape index (κ1) is 17.2. The van der Waals surface area contributed by atoms with E-state index in [-0.39, 0.29) is 22.8 Å². The van der Waals surface area contributed by atoms with Gasteiger partial charge in [0.15, 0.2) is 5.76 Å². The summed E-state index contributed by atoms with van der Waals surface area (Å²) in [6.07, 6.45) is 1.51. The predicted octanol–water partition coefficient (Wildman–Crippen LogP) is 3.61. The standard InChI is InChI=1S/C17H16FN3O3S/c1-11(16(22)21(2)10-12-5-3-6-13(18)9-12)25-17-20-19-15(24-17)14-7-4-8-23-14/h3-9,11H,10H2,1-2H3/t11-/m0/s1. The molecule has 0 saturated heterocycles. The zero-order valence-corrected chi connectivity index (χ0v) is 14.5. The number of hydrogen-bond acceptors (Lipinski definition) is 6. The van der Waals surface area contributed by atoms with Crippen molar-refractivity contribution < 1.29 is 18.0 Å². The summed E-state index contributed by atoms with van der Waals surface area (Å²) < 4.78 is 23.9. The minimum Gasteiger partial charge on any atom is -0.459 e. The maximum Gasteiger partial charge on any atom is 0.284 e. The summed E-state index contributed by atoms with van der Waals surface area (Å²) in [6, 6.07) is 9.61. The van der Waals surface area contributed by atoms with Crippen LogP contribution in [0, 0.1) is 5.82 Å². The van der Waals surface area contributed by atoms with Crippen LogP contribution >= 0.6 is 11.8 Å². The maximum absolute atomic E-state index is 13.2. The highest BCUT2D eigenvalue weighted by atomic mass is 32.2. The summed E-state index contributed by atoms with van der Waals surface area (Å²) in [5.74, 6) is 0.297. The fourth-order valence-electron chi connectivity index (χ4n) is 2.26. The molecular weight excluding hydrogens is 345 g/mol. The van der Waals surface area contributed by atoms with Crippen LogP contribution in [-0.4, -0.2) is 33.3 Å². The van der Waals surface area contributed by atoms with E-state index in [0.717, 1.165) is 17.3 Å². The van der Waals surface area contributed by atoms with Gasteiger partial charge in [-0.3, -0.25) is 4.79 Å². The van der Waals surface area contributed by atoms with Gasteiger partial charge in [0.2, 0.25) is 5.91 Å². The molecule has 0 bridgehead atoms. The zero-order chi connectivity index (χ0) is 17.8. The van der Waals surface area contributed by atoms with Crippen molar-refractivity contribution in [1.82, 2.24) is 15.1 Å². The van der Waals surface area contributed by atoms with Crippen molar-refractivity contribution in [3.63, 3.8) is 0 Å². The van der Waals surface area contributed by atoms with E-state index >= 15 is 0 Å². The average molecular weight is 361 g/mol. The molecule has 3 rings (SSSR count). The normalized spacial score (nSPS) is 12.1. The number of thioether (sulfide) groups is 1. The van der Waals surface area contributed by atoms with Crippen LogP contribution in [-0.2, 0) is 11.3 Å². The number of amides is 1. The molecule has 1 amide bonds. The van der Waals surface area contributed by atoms with E-state index in [4.69, 9.17) is 8.83 Å². The fraction of sp³-hybridized carbons (Fsp3) is 0.235. The lowest BCUT2D eigenvalue weighted by Gasteiger charge is -2.20. The lowest BCUT2D eigenvalue weighted by Crippen LogP contribution is -2.32. The number of hydrogen-bond donors (Lipinski definition) is 0. The summed E-state index contributed by atoms with van der Waals surface area (Å²) in [5.41, 5.74) is 0.728. The van der Waals surface area contributed by atoms with Crippen LogP contribution in [0.4, 0.5) is 4.39 Å². The van der Waals surface area contributed by atoms with Crippen LogP contribution in [0.3, 0.4) is 0 Å². The van der Waals surface area contributed by atoms with Crippen LogP contribution in [0.1, 0.15) is 12.5 Å². The third-order valence-electron chi connectivity index (χ3n) is 3.45. The van der Waals surface area contributed by atoms with Gasteiger partial charge in [0.1, 0.15) is 5.82 Å². The third kappa shape index (κ3) is 4.27. The first-order valence-electron chi connectivity index (χ1n) is 7.56. The van der Waals surface area contributed by atoms with Crippen molar-refractivity contribution in [2.24, 2.45) is 0 Å². The van der Waals surface area contributed by atoms with Crippen LogP contribution < -0.4 is 0 Å². The second-order valence-electron chi connectivity index (χ2n) is 5.43. The van der Waals surface area contributed by atoms with Gasteiger partial charge in [0.05, 0.1) is 11.5 Å². The van der Waals surface area contributed by atoms with Crippen LogP contribution in [0.25, 0.3) is 11.7 Å². The topological polar surface area (TPSA) is 72.4 Å². The van der Waals surface area contributed by atoms with Crippen molar-refractivity contribution in [2.75, 3.05) is 7.05 Å². The quantitative estimate of drug-likeness (QED) is 0.625. The SMILES string of the molecule is C[C@H](Sc1nnc(-c2ccco2)o1)C(=O)N(C)Cc1cccc(F)c1. The largest absolute Gasteiger partial charge is 0.459 e. The summed E-state index contributed by atoms with van der Waals surface area (Å²) >= 11 is 1.16. The Labute approximate surface area is 148 Å². The predicted molar refractivity (Wildman–Crippen MR) is 90.2 cm³/mol. The number of aromatic nitrogens is 2. The lowest BCUT2D eigenvalue weighted by molar-refractivity contribution is -0.129. The molecule has 2 aromatic heterocycles. The molecule has 25 heavy (non-hydrogen) atoms. The fourth-order valence-corrected chi connectivity index (χ4v) is 3.05. The molecule has 1 aromatic carbocycles. The molecule has 6 nitrogen and oxygen atoms in total. The molecule has 0 saturated carbocycles. The van der Waals surface area contributed by atoms with Gasteiger partial charge in [-0.1, -0.05) is 23.9 Å². The first-order valence-corrected chi connectivity index (χ1v) is 8.44. The van der Waals surface area contributed by atoms with E-state index in [9.17, 15) is 9.18 Å². The van der Waals surface area contributed by atoms with Gasteiger partial charge in [-0.2, -0.15) is 0 Å². The smallest absolute Gasteiger partial charge is 0.284 e. The average Bonchev–Trinajstić information content (AvgIpc) is 3.25. The first-order chi connectivity index (χ1) is 12.0. The monoisotopic (exact) mass is 361 g/mol. The van der Waals surface area contributed by atoms with E-state index in [1.807, 2.05) is 0 Å². The van der Waals surface area contributed by atoms with Gasteiger partial charge in [-0.05, 0) is 36.8 Å². The minimum absolute atomic E-state index is 0.119. The molecule has 0 aliphatic rings. The molecule has 3 aromatic rings. The molecule has 8 heteroatoms. The zero-order valence-electron chi connectivity index (χ0n) is 13.7. The second kappa shape index (κ2) is 7.52. The second-order valence-corrected chi connectivity index (χ2v) is 6.73. The van der Waals surface area contributed by atoms with Gasteiger partial charge >= 0.3 is 0 Å². The molecule has 0 spiro atoms. The molecule has 0 N–H and O–H groups in total. The number of benzene rings is 1. The Balaban J connectivity index is 1.60. The Kier molecular flexibility index (Phi) is 5.18. The number of carbonyl (C=O) groups excluding carboxylic acids is 1.